The molecule has 1 heterocycles. The number of nitrogens with zero attached hydrogens (tertiary/aromatic N) is 1. The first-order chi connectivity index (χ1) is 12.1. The summed E-state index contributed by atoms with van der Waals surface area (Å²) in [5.74, 6) is 0.354. The predicted molar refractivity (Wildman–Crippen MR) is 97.1 cm³/mol. The lowest BCUT2D eigenvalue weighted by molar-refractivity contribution is -0.146. The first kappa shape index (κ1) is 17.9. The molecule has 0 saturated carbocycles. The summed E-state index contributed by atoms with van der Waals surface area (Å²) in [7, 11) is 1.44. The summed E-state index contributed by atoms with van der Waals surface area (Å²) in [5, 5.41) is 0. The van der Waals surface area contributed by atoms with Gasteiger partial charge in [-0.25, -0.2) is 0 Å². The number of Topliss-reactive ketones (excluding diaryl/α,β-unsaturated/α-hetero) is 1. The van der Waals surface area contributed by atoms with Gasteiger partial charge in [0.1, 0.15) is 6.04 Å². The number of rotatable bonds is 7. The summed E-state index contributed by atoms with van der Waals surface area (Å²) >= 11 is 0. The fourth-order valence-corrected chi connectivity index (χ4v) is 4.05. The van der Waals surface area contributed by atoms with E-state index in [4.69, 9.17) is 4.74 Å². The van der Waals surface area contributed by atoms with Crippen molar-refractivity contribution in [3.05, 3.63) is 47.5 Å². The normalized spacial score (nSPS) is 24.1. The number of ketones is 1. The van der Waals surface area contributed by atoms with Crippen molar-refractivity contribution in [3.63, 3.8) is 0 Å². The number of fused-ring (bicyclic) bond motifs is 1. The summed E-state index contributed by atoms with van der Waals surface area (Å²) in [6.07, 6.45) is 5.85. The Kier molecular flexibility index (Phi) is 5.69. The van der Waals surface area contributed by atoms with Gasteiger partial charge in [-0.15, -0.1) is 0 Å². The molecule has 3 rings (SSSR count). The van der Waals surface area contributed by atoms with Gasteiger partial charge >= 0.3 is 5.97 Å². The van der Waals surface area contributed by atoms with Gasteiger partial charge in [0, 0.05) is 24.9 Å². The number of esters is 1. The minimum Gasteiger partial charge on any atom is -0.468 e. The maximum atomic E-state index is 12.6. The third-order valence-electron chi connectivity index (χ3n) is 5.45. The van der Waals surface area contributed by atoms with Gasteiger partial charge < -0.3 is 4.74 Å². The van der Waals surface area contributed by atoms with Gasteiger partial charge in [-0.2, -0.15) is 0 Å². The van der Waals surface area contributed by atoms with Crippen LogP contribution in [0.2, 0.25) is 0 Å². The highest BCUT2D eigenvalue weighted by atomic mass is 16.5. The number of allylic oxidation sites excluding steroid dienone is 1. The van der Waals surface area contributed by atoms with Crippen LogP contribution in [0.3, 0.4) is 0 Å². The second-order valence-corrected chi connectivity index (χ2v) is 7.11. The minimum atomic E-state index is -0.321. The molecule has 1 aromatic rings. The van der Waals surface area contributed by atoms with Crippen molar-refractivity contribution >= 4 is 11.8 Å². The maximum Gasteiger partial charge on any atom is 0.323 e. The molecule has 4 heteroatoms. The number of carbonyl (C=O) groups excluding carboxylic acids is 2. The summed E-state index contributed by atoms with van der Waals surface area (Å²) in [4.78, 5) is 27.1. The van der Waals surface area contributed by atoms with Crippen LogP contribution >= 0.6 is 0 Å². The van der Waals surface area contributed by atoms with E-state index < -0.39 is 0 Å². The number of likely N-dealkylation sites (tertiary alicyclic amines) is 1. The Morgan fingerprint density at radius 3 is 2.68 bits per heavy atom. The van der Waals surface area contributed by atoms with Crippen LogP contribution in [0.25, 0.3) is 0 Å². The maximum absolute atomic E-state index is 12.6. The van der Waals surface area contributed by atoms with E-state index in [-0.39, 0.29) is 23.8 Å². The van der Waals surface area contributed by atoms with Crippen LogP contribution in [0.5, 0.6) is 0 Å². The van der Waals surface area contributed by atoms with Crippen molar-refractivity contribution in [2.75, 3.05) is 20.2 Å². The third-order valence-corrected chi connectivity index (χ3v) is 5.45. The van der Waals surface area contributed by atoms with Crippen molar-refractivity contribution in [3.8, 4) is 0 Å². The molecule has 0 N–H and O–H groups in total. The van der Waals surface area contributed by atoms with Crippen LogP contribution < -0.4 is 0 Å². The number of unbranched alkanes of at least 4 members (excludes halogenated alkanes) is 1. The quantitative estimate of drug-likeness (QED) is 0.715. The van der Waals surface area contributed by atoms with Crippen molar-refractivity contribution in [1.29, 1.82) is 0 Å². The van der Waals surface area contributed by atoms with Gasteiger partial charge in [-0.1, -0.05) is 49.8 Å². The number of hydrogen-bond donors (Lipinski definition) is 0. The molecule has 3 atom stereocenters. The summed E-state index contributed by atoms with van der Waals surface area (Å²) in [6, 6.07) is 9.67. The second kappa shape index (κ2) is 7.96. The number of hydrogen-bond acceptors (Lipinski definition) is 4. The lowest BCUT2D eigenvalue weighted by Gasteiger charge is -2.26. The monoisotopic (exact) mass is 341 g/mol. The predicted octanol–water partition coefficient (Wildman–Crippen LogP) is 3.02. The topological polar surface area (TPSA) is 46.6 Å². The zero-order chi connectivity index (χ0) is 17.8. The molecular weight excluding hydrogens is 314 g/mol. The lowest BCUT2D eigenvalue weighted by Crippen LogP contribution is -2.42. The van der Waals surface area contributed by atoms with Gasteiger partial charge in [0.25, 0.3) is 0 Å². The van der Waals surface area contributed by atoms with Crippen molar-refractivity contribution < 1.29 is 14.3 Å². The molecular formula is C21H27NO3. The minimum absolute atomic E-state index is 0.0229. The van der Waals surface area contributed by atoms with Crippen LogP contribution in [0, 0.1) is 11.8 Å². The van der Waals surface area contributed by atoms with E-state index in [1.165, 1.54) is 7.11 Å². The average molecular weight is 341 g/mol. The molecule has 2 aliphatic rings. The lowest BCUT2D eigenvalue weighted by atomic mass is 9.97. The van der Waals surface area contributed by atoms with Crippen LogP contribution in [0.4, 0.5) is 0 Å². The molecule has 134 valence electrons. The molecule has 0 spiro atoms. The summed E-state index contributed by atoms with van der Waals surface area (Å²) < 4.78 is 5.04. The molecule has 1 fully saturated rings. The zero-order valence-corrected chi connectivity index (χ0v) is 15.1. The summed E-state index contributed by atoms with van der Waals surface area (Å²) in [5.41, 5.74) is 2.12. The third kappa shape index (κ3) is 3.84. The fraction of sp³-hybridized carbons (Fsp3) is 0.524. The standard InChI is InChI=1S/C21H27NO3/c1-3-4-10-16-12-17-13-22(14-18(17)20(16)23)19(21(24)25-2)11-15-8-6-5-7-9-15/h5-9,12,17-19H,3-4,10-11,13-14H2,1-2H3. The number of methoxy groups -OCH3 is 1. The SMILES string of the molecule is CCCCC1=CC2CN(C(Cc3ccccc3)C(=O)OC)CC2C1=O. The molecule has 1 aliphatic heterocycles. The van der Waals surface area contributed by atoms with Gasteiger partial charge in [0.15, 0.2) is 5.78 Å². The molecule has 1 aromatic carbocycles. The van der Waals surface area contributed by atoms with Gasteiger partial charge in [0.05, 0.1) is 7.11 Å². The number of benzene rings is 1. The van der Waals surface area contributed by atoms with E-state index in [0.29, 0.717) is 18.7 Å². The van der Waals surface area contributed by atoms with Crippen molar-refractivity contribution in [1.82, 2.24) is 4.90 Å². The van der Waals surface area contributed by atoms with Crippen molar-refractivity contribution in [2.45, 2.75) is 38.6 Å². The fourth-order valence-electron chi connectivity index (χ4n) is 4.05. The smallest absolute Gasteiger partial charge is 0.323 e. The first-order valence-electron chi connectivity index (χ1n) is 9.24. The molecule has 4 nitrogen and oxygen atoms in total. The Hall–Kier alpha value is -1.94. The number of ether oxygens (including phenoxy) is 1. The van der Waals surface area contributed by atoms with Crippen LogP contribution in [-0.2, 0) is 20.7 Å². The molecule has 0 radical (unpaired) electrons. The Morgan fingerprint density at radius 2 is 2.04 bits per heavy atom. The molecule has 0 aromatic heterocycles. The molecule has 0 bridgehead atoms. The van der Waals surface area contributed by atoms with E-state index >= 15 is 0 Å². The average Bonchev–Trinajstić information content (AvgIpc) is 3.17. The molecule has 25 heavy (non-hydrogen) atoms. The van der Waals surface area contributed by atoms with Crippen LogP contribution in [0.15, 0.2) is 42.0 Å². The Labute approximate surface area is 149 Å². The Morgan fingerprint density at radius 1 is 1.28 bits per heavy atom. The van der Waals surface area contributed by atoms with E-state index in [0.717, 1.165) is 36.9 Å². The highest BCUT2D eigenvalue weighted by Gasteiger charge is 2.45. The molecule has 0 amide bonds. The van der Waals surface area contributed by atoms with Gasteiger partial charge in [0.2, 0.25) is 0 Å². The largest absolute Gasteiger partial charge is 0.468 e. The Balaban J connectivity index is 1.71. The van der Waals surface area contributed by atoms with E-state index in [9.17, 15) is 9.59 Å². The van der Waals surface area contributed by atoms with Crippen LogP contribution in [0.1, 0.15) is 31.7 Å². The highest BCUT2D eigenvalue weighted by molar-refractivity contribution is 6.00. The Bertz CT molecular complexity index is 652. The van der Waals surface area contributed by atoms with E-state index in [1.54, 1.807) is 0 Å². The second-order valence-electron chi connectivity index (χ2n) is 7.11. The van der Waals surface area contributed by atoms with E-state index in [1.807, 2.05) is 30.3 Å². The zero-order valence-electron chi connectivity index (χ0n) is 15.1. The molecule has 3 unspecified atom stereocenters. The summed E-state index contributed by atoms with van der Waals surface area (Å²) in [6.45, 7) is 3.56. The van der Waals surface area contributed by atoms with Gasteiger partial charge in [-0.05, 0) is 30.4 Å². The van der Waals surface area contributed by atoms with E-state index in [2.05, 4.69) is 17.9 Å². The van der Waals surface area contributed by atoms with Crippen LogP contribution in [-0.4, -0.2) is 42.9 Å². The van der Waals surface area contributed by atoms with Gasteiger partial charge in [-0.3, -0.25) is 14.5 Å². The first-order valence-corrected chi connectivity index (χ1v) is 9.24. The highest BCUT2D eigenvalue weighted by Crippen LogP contribution is 2.37. The molecule has 1 saturated heterocycles. The molecule has 1 aliphatic carbocycles. The van der Waals surface area contributed by atoms with Crippen molar-refractivity contribution in [2.24, 2.45) is 11.8 Å². The number of carbonyl (C=O) groups is 2.